The summed E-state index contributed by atoms with van der Waals surface area (Å²) in [5.74, 6) is 1.55. The Morgan fingerprint density at radius 3 is 2.62 bits per heavy atom. The number of nitrogens with one attached hydrogen (secondary N) is 1. The molecule has 1 heterocycles. The van der Waals surface area contributed by atoms with E-state index in [2.05, 4.69) is 15.5 Å². The molecule has 6 heteroatoms. The van der Waals surface area contributed by atoms with E-state index in [4.69, 9.17) is 9.15 Å². The monoisotopic (exact) mass is 351 g/mol. The maximum absolute atomic E-state index is 12.2. The molecule has 0 saturated carbocycles. The highest BCUT2D eigenvalue weighted by atomic mass is 16.5. The van der Waals surface area contributed by atoms with E-state index < -0.39 is 0 Å². The topological polar surface area (TPSA) is 77.2 Å². The molecule has 3 aromatic rings. The van der Waals surface area contributed by atoms with Crippen molar-refractivity contribution in [1.29, 1.82) is 0 Å². The molecule has 6 nitrogen and oxygen atoms in total. The highest BCUT2D eigenvalue weighted by Crippen LogP contribution is 2.22. The highest BCUT2D eigenvalue weighted by molar-refractivity contribution is 5.91. The maximum Gasteiger partial charge on any atom is 0.247 e. The molecule has 0 spiro atoms. The molecule has 0 atom stereocenters. The van der Waals surface area contributed by atoms with Crippen LogP contribution >= 0.6 is 0 Å². The number of rotatable bonds is 6. The minimum atomic E-state index is -0.0807. The van der Waals surface area contributed by atoms with E-state index >= 15 is 0 Å². The Balaban J connectivity index is 1.58. The van der Waals surface area contributed by atoms with Gasteiger partial charge in [-0.05, 0) is 55.3 Å². The zero-order valence-electron chi connectivity index (χ0n) is 15.1. The first-order valence-electron chi connectivity index (χ1n) is 8.39. The first-order valence-corrected chi connectivity index (χ1v) is 8.39. The largest absolute Gasteiger partial charge is 0.497 e. The number of benzene rings is 2. The second kappa shape index (κ2) is 7.82. The van der Waals surface area contributed by atoms with Crippen molar-refractivity contribution in [2.75, 3.05) is 12.4 Å². The summed E-state index contributed by atoms with van der Waals surface area (Å²) in [4.78, 5) is 12.2. The lowest BCUT2D eigenvalue weighted by molar-refractivity contribution is -0.116. The molecule has 134 valence electrons. The van der Waals surface area contributed by atoms with Gasteiger partial charge < -0.3 is 14.5 Å². The molecule has 0 saturated heterocycles. The van der Waals surface area contributed by atoms with E-state index in [1.165, 1.54) is 0 Å². The number of nitrogens with zero attached hydrogens (tertiary/aromatic N) is 2. The summed E-state index contributed by atoms with van der Waals surface area (Å²) in [7, 11) is 1.61. The fraction of sp³-hybridized carbons (Fsp3) is 0.250. The van der Waals surface area contributed by atoms with Crippen LogP contribution in [0.15, 0.2) is 46.9 Å². The molecule has 0 radical (unpaired) electrons. The second-order valence-corrected chi connectivity index (χ2v) is 6.10. The van der Waals surface area contributed by atoms with E-state index in [0.29, 0.717) is 18.2 Å². The zero-order valence-corrected chi connectivity index (χ0v) is 15.1. The number of anilines is 1. The van der Waals surface area contributed by atoms with Crippen molar-refractivity contribution in [2.24, 2.45) is 0 Å². The molecule has 0 bridgehead atoms. The molecule has 2 aromatic carbocycles. The number of ether oxygens (including phenoxy) is 1. The van der Waals surface area contributed by atoms with Crippen molar-refractivity contribution in [3.8, 4) is 17.2 Å². The fourth-order valence-electron chi connectivity index (χ4n) is 2.51. The van der Waals surface area contributed by atoms with E-state index in [9.17, 15) is 4.79 Å². The van der Waals surface area contributed by atoms with Gasteiger partial charge in [0.15, 0.2) is 0 Å². The first kappa shape index (κ1) is 17.7. The number of carbonyl (C=O) groups is 1. The third-order valence-corrected chi connectivity index (χ3v) is 4.04. The van der Waals surface area contributed by atoms with Crippen molar-refractivity contribution in [3.63, 3.8) is 0 Å². The van der Waals surface area contributed by atoms with Crippen LogP contribution in [0, 0.1) is 13.8 Å². The number of amides is 1. The smallest absolute Gasteiger partial charge is 0.247 e. The third kappa shape index (κ3) is 4.27. The Hall–Kier alpha value is -3.15. The van der Waals surface area contributed by atoms with Crippen LogP contribution < -0.4 is 10.1 Å². The number of aryl methyl sites for hydroxylation is 3. The van der Waals surface area contributed by atoms with Crippen LogP contribution in [0.4, 0.5) is 5.69 Å². The van der Waals surface area contributed by atoms with Gasteiger partial charge in [0.2, 0.25) is 17.7 Å². The molecule has 0 aliphatic heterocycles. The molecule has 0 aliphatic carbocycles. The molecule has 3 rings (SSSR count). The molecule has 0 aliphatic rings. The van der Waals surface area contributed by atoms with Gasteiger partial charge in [-0.15, -0.1) is 10.2 Å². The maximum atomic E-state index is 12.2. The lowest BCUT2D eigenvalue weighted by Gasteiger charge is -2.08. The fourth-order valence-corrected chi connectivity index (χ4v) is 2.51. The molecule has 0 unspecified atom stereocenters. The number of hydrogen-bond acceptors (Lipinski definition) is 5. The van der Waals surface area contributed by atoms with E-state index in [0.717, 1.165) is 28.1 Å². The second-order valence-electron chi connectivity index (χ2n) is 6.10. The Morgan fingerprint density at radius 1 is 1.12 bits per heavy atom. The summed E-state index contributed by atoms with van der Waals surface area (Å²) >= 11 is 0. The van der Waals surface area contributed by atoms with Gasteiger partial charge in [0.25, 0.3) is 0 Å². The highest BCUT2D eigenvalue weighted by Gasteiger charge is 2.11. The first-order chi connectivity index (χ1) is 12.5. The van der Waals surface area contributed by atoms with Gasteiger partial charge in [0.05, 0.1) is 7.11 Å². The predicted octanol–water partition coefficient (Wildman–Crippen LogP) is 3.93. The summed E-state index contributed by atoms with van der Waals surface area (Å²) in [5, 5.41) is 11.0. The Bertz CT molecular complexity index is 901. The van der Waals surface area contributed by atoms with Crippen LogP contribution in [0.1, 0.15) is 23.4 Å². The third-order valence-electron chi connectivity index (χ3n) is 4.04. The van der Waals surface area contributed by atoms with Gasteiger partial charge >= 0.3 is 0 Å². The van der Waals surface area contributed by atoms with Gasteiger partial charge in [0, 0.05) is 24.1 Å². The normalized spacial score (nSPS) is 10.6. The van der Waals surface area contributed by atoms with E-state index in [1.807, 2.05) is 56.3 Å². The van der Waals surface area contributed by atoms with Crippen molar-refractivity contribution >= 4 is 11.6 Å². The minimum Gasteiger partial charge on any atom is -0.497 e. The van der Waals surface area contributed by atoms with Crippen molar-refractivity contribution in [3.05, 3.63) is 59.5 Å². The number of aromatic nitrogens is 2. The SMILES string of the molecule is COc1ccc(-c2nnc(CCC(=O)Nc3cc(C)ccc3C)o2)cc1. The lowest BCUT2D eigenvalue weighted by Crippen LogP contribution is -2.13. The van der Waals surface area contributed by atoms with Crippen LogP contribution in [-0.4, -0.2) is 23.2 Å². The quantitative estimate of drug-likeness (QED) is 0.728. The van der Waals surface area contributed by atoms with Crippen molar-refractivity contribution < 1.29 is 13.9 Å². The van der Waals surface area contributed by atoms with Crippen molar-refractivity contribution in [1.82, 2.24) is 10.2 Å². The van der Waals surface area contributed by atoms with Crippen LogP contribution in [-0.2, 0) is 11.2 Å². The Morgan fingerprint density at radius 2 is 1.88 bits per heavy atom. The summed E-state index contributed by atoms with van der Waals surface area (Å²) in [6.07, 6.45) is 0.664. The molecular formula is C20H21N3O3. The van der Waals surface area contributed by atoms with Crippen LogP contribution in [0.5, 0.6) is 5.75 Å². The summed E-state index contributed by atoms with van der Waals surface area (Å²) < 4.78 is 10.8. The molecule has 1 aromatic heterocycles. The number of methoxy groups -OCH3 is 1. The number of carbonyl (C=O) groups excluding carboxylic acids is 1. The Labute approximate surface area is 152 Å². The molecule has 0 fully saturated rings. The van der Waals surface area contributed by atoms with Crippen molar-refractivity contribution in [2.45, 2.75) is 26.7 Å². The average Bonchev–Trinajstić information content (AvgIpc) is 3.12. The van der Waals surface area contributed by atoms with Gasteiger partial charge in [-0.25, -0.2) is 0 Å². The predicted molar refractivity (Wildman–Crippen MR) is 99.2 cm³/mol. The minimum absolute atomic E-state index is 0.0807. The molecule has 26 heavy (non-hydrogen) atoms. The van der Waals surface area contributed by atoms with E-state index in [-0.39, 0.29) is 12.3 Å². The summed E-state index contributed by atoms with van der Waals surface area (Å²) in [6, 6.07) is 13.3. The average molecular weight is 351 g/mol. The number of hydrogen-bond donors (Lipinski definition) is 1. The lowest BCUT2D eigenvalue weighted by atomic mass is 10.1. The molecule has 1 amide bonds. The van der Waals surface area contributed by atoms with Gasteiger partial charge in [0.1, 0.15) is 5.75 Å². The summed E-state index contributed by atoms with van der Waals surface area (Å²) in [5.41, 5.74) is 3.78. The Kier molecular flexibility index (Phi) is 5.31. The van der Waals surface area contributed by atoms with Gasteiger partial charge in [-0.1, -0.05) is 12.1 Å². The van der Waals surface area contributed by atoms with E-state index in [1.54, 1.807) is 7.11 Å². The van der Waals surface area contributed by atoms with Crippen LogP contribution in [0.2, 0.25) is 0 Å². The molecular weight excluding hydrogens is 330 g/mol. The van der Waals surface area contributed by atoms with Crippen LogP contribution in [0.25, 0.3) is 11.5 Å². The van der Waals surface area contributed by atoms with Gasteiger partial charge in [-0.3, -0.25) is 4.79 Å². The van der Waals surface area contributed by atoms with Gasteiger partial charge in [-0.2, -0.15) is 0 Å². The molecule has 1 N–H and O–H groups in total. The summed E-state index contributed by atoms with van der Waals surface area (Å²) in [6.45, 7) is 3.96. The van der Waals surface area contributed by atoms with Crippen LogP contribution in [0.3, 0.4) is 0 Å². The zero-order chi connectivity index (χ0) is 18.5. The standard InChI is InChI=1S/C20H21N3O3/c1-13-4-5-14(2)17(12-13)21-18(24)10-11-19-22-23-20(26-19)15-6-8-16(25-3)9-7-15/h4-9,12H,10-11H2,1-3H3,(H,21,24).